The molecule has 1 aliphatic heterocycles. The van der Waals surface area contributed by atoms with E-state index in [0.717, 1.165) is 0 Å². The standard InChI is InChI=1S/C17H20ClNO3Se/c1-17(2,3)22-16(21)19-12-9-11(15(19)20)13(18)14(12)23-10-7-5-4-6-8-10/h4-8,11-14H,9H2,1-3H3/t11-,12+,13-,14-/m1/s1. The van der Waals surface area contributed by atoms with Gasteiger partial charge in [0.25, 0.3) is 0 Å². The Morgan fingerprint density at radius 2 is 1.96 bits per heavy atom. The molecule has 1 aromatic carbocycles. The fourth-order valence-electron chi connectivity index (χ4n) is 3.13. The van der Waals surface area contributed by atoms with Crippen molar-refractivity contribution in [3.8, 4) is 0 Å². The van der Waals surface area contributed by atoms with Crippen molar-refractivity contribution in [1.29, 1.82) is 0 Å². The van der Waals surface area contributed by atoms with E-state index in [4.69, 9.17) is 16.3 Å². The van der Waals surface area contributed by atoms with Crippen molar-refractivity contribution in [2.45, 2.75) is 49.0 Å². The van der Waals surface area contributed by atoms with Crippen LogP contribution in [0.4, 0.5) is 4.79 Å². The number of imide groups is 1. The van der Waals surface area contributed by atoms with Crippen molar-refractivity contribution < 1.29 is 14.3 Å². The Bertz CT molecular complexity index is 616. The number of carbonyl (C=O) groups is 2. The van der Waals surface area contributed by atoms with Crippen LogP contribution in [0.15, 0.2) is 30.3 Å². The second kappa shape index (κ2) is 6.12. The molecule has 4 nitrogen and oxygen atoms in total. The van der Waals surface area contributed by atoms with Crippen molar-refractivity contribution in [3.05, 3.63) is 30.3 Å². The number of hydrogen-bond acceptors (Lipinski definition) is 3. The molecule has 124 valence electrons. The number of likely N-dealkylation sites (tertiary alicyclic amines) is 1. The third-order valence-electron chi connectivity index (χ3n) is 4.06. The Hall–Kier alpha value is -1.03. The van der Waals surface area contributed by atoms with Crippen molar-refractivity contribution in [2.24, 2.45) is 5.92 Å². The zero-order valence-corrected chi connectivity index (χ0v) is 15.8. The summed E-state index contributed by atoms with van der Waals surface area (Å²) in [7, 11) is 0. The van der Waals surface area contributed by atoms with E-state index in [1.165, 1.54) is 9.36 Å². The molecule has 6 heteroatoms. The Labute approximate surface area is 147 Å². The van der Waals surface area contributed by atoms with Gasteiger partial charge in [-0.05, 0) is 0 Å². The molecule has 2 fully saturated rings. The van der Waals surface area contributed by atoms with E-state index in [-0.39, 0.29) is 43.0 Å². The summed E-state index contributed by atoms with van der Waals surface area (Å²) in [4.78, 5) is 26.3. The topological polar surface area (TPSA) is 46.6 Å². The van der Waals surface area contributed by atoms with Gasteiger partial charge in [0.15, 0.2) is 0 Å². The Morgan fingerprint density at radius 1 is 1.30 bits per heavy atom. The first-order chi connectivity index (χ1) is 10.8. The van der Waals surface area contributed by atoms with Gasteiger partial charge in [-0.1, -0.05) is 0 Å². The van der Waals surface area contributed by atoms with Gasteiger partial charge in [-0.15, -0.1) is 0 Å². The predicted molar refractivity (Wildman–Crippen MR) is 90.2 cm³/mol. The maximum absolute atomic E-state index is 12.5. The number of ether oxygens (including phenoxy) is 1. The number of fused-ring (bicyclic) bond motifs is 2. The molecule has 2 amide bonds. The SMILES string of the molecule is CC(C)(C)OC(=O)N1C(=O)[C@@H]2C[C@H]1[C@@H]([Se]c1ccccc1)[C@@H]2Cl. The second-order valence-electron chi connectivity index (χ2n) is 6.94. The third kappa shape index (κ3) is 3.28. The molecule has 3 rings (SSSR count). The van der Waals surface area contributed by atoms with Crippen LogP contribution in [0, 0.1) is 5.92 Å². The van der Waals surface area contributed by atoms with E-state index in [2.05, 4.69) is 12.1 Å². The molecule has 0 aromatic heterocycles. The van der Waals surface area contributed by atoms with E-state index in [1.807, 2.05) is 18.2 Å². The first-order valence-corrected chi connectivity index (χ1v) is 9.98. The van der Waals surface area contributed by atoms with Gasteiger partial charge >= 0.3 is 148 Å². The zero-order chi connectivity index (χ0) is 16.8. The molecule has 1 saturated heterocycles. The van der Waals surface area contributed by atoms with Gasteiger partial charge < -0.3 is 0 Å². The van der Waals surface area contributed by atoms with Crippen LogP contribution in [0.2, 0.25) is 4.82 Å². The number of amides is 2. The van der Waals surface area contributed by atoms with Crippen LogP contribution >= 0.6 is 11.6 Å². The predicted octanol–water partition coefficient (Wildman–Crippen LogP) is 2.58. The third-order valence-corrected chi connectivity index (χ3v) is 7.97. The summed E-state index contributed by atoms with van der Waals surface area (Å²) in [6, 6.07) is 10.0. The molecule has 4 atom stereocenters. The van der Waals surface area contributed by atoms with Crippen molar-refractivity contribution in [2.75, 3.05) is 0 Å². The number of piperidine rings is 1. The van der Waals surface area contributed by atoms with Crippen LogP contribution in [0.5, 0.6) is 0 Å². The van der Waals surface area contributed by atoms with E-state index < -0.39 is 11.7 Å². The summed E-state index contributed by atoms with van der Waals surface area (Å²) in [6.07, 6.45) is 0.123. The van der Waals surface area contributed by atoms with E-state index in [1.54, 1.807) is 20.8 Å². The van der Waals surface area contributed by atoms with E-state index >= 15 is 0 Å². The summed E-state index contributed by atoms with van der Waals surface area (Å²) >= 11 is 6.66. The summed E-state index contributed by atoms with van der Waals surface area (Å²) in [5.41, 5.74) is -0.611. The molecule has 2 aliphatic rings. The average molecular weight is 401 g/mol. The van der Waals surface area contributed by atoms with Gasteiger partial charge in [0, 0.05) is 0 Å². The first-order valence-electron chi connectivity index (χ1n) is 7.70. The average Bonchev–Trinajstić information content (AvgIpc) is 2.94. The molecule has 0 N–H and O–H groups in total. The Balaban J connectivity index is 1.79. The maximum atomic E-state index is 12.5. The summed E-state index contributed by atoms with van der Waals surface area (Å²) in [5, 5.41) is -0.189. The van der Waals surface area contributed by atoms with Gasteiger partial charge in [0.05, 0.1) is 0 Å². The molecule has 2 bridgehead atoms. The zero-order valence-electron chi connectivity index (χ0n) is 13.4. The molecular formula is C17H20ClNO3Se. The van der Waals surface area contributed by atoms with E-state index in [9.17, 15) is 9.59 Å². The number of benzene rings is 1. The number of carbonyl (C=O) groups excluding carboxylic acids is 2. The minimum absolute atomic E-state index is 0.119. The van der Waals surface area contributed by atoms with Crippen LogP contribution in [-0.4, -0.2) is 48.9 Å². The van der Waals surface area contributed by atoms with Gasteiger partial charge in [0.1, 0.15) is 0 Å². The minimum atomic E-state index is -0.611. The molecule has 1 heterocycles. The quantitative estimate of drug-likeness (QED) is 0.566. The van der Waals surface area contributed by atoms with Crippen molar-refractivity contribution >= 4 is 43.0 Å². The van der Waals surface area contributed by atoms with Crippen LogP contribution in [0.25, 0.3) is 0 Å². The summed E-state index contributed by atoms with van der Waals surface area (Å²) in [5.74, 6) is -0.436. The summed E-state index contributed by atoms with van der Waals surface area (Å²) < 4.78 is 6.64. The summed E-state index contributed by atoms with van der Waals surface area (Å²) in [6.45, 7) is 5.42. The van der Waals surface area contributed by atoms with Crippen molar-refractivity contribution in [3.63, 3.8) is 0 Å². The van der Waals surface area contributed by atoms with E-state index in [0.29, 0.717) is 6.42 Å². The number of hydrogen-bond donors (Lipinski definition) is 0. The monoisotopic (exact) mass is 401 g/mol. The molecule has 1 aliphatic carbocycles. The number of alkyl halides is 1. The number of halogens is 1. The van der Waals surface area contributed by atoms with Gasteiger partial charge in [-0.25, -0.2) is 0 Å². The van der Waals surface area contributed by atoms with Gasteiger partial charge in [-0.2, -0.15) is 0 Å². The van der Waals surface area contributed by atoms with Crippen LogP contribution in [0.1, 0.15) is 27.2 Å². The normalized spacial score (nSPS) is 29.9. The molecule has 23 heavy (non-hydrogen) atoms. The Morgan fingerprint density at radius 3 is 2.52 bits per heavy atom. The molecule has 1 saturated carbocycles. The molecule has 0 spiro atoms. The van der Waals surface area contributed by atoms with Crippen molar-refractivity contribution in [1.82, 2.24) is 4.90 Å². The van der Waals surface area contributed by atoms with Crippen LogP contribution in [-0.2, 0) is 9.53 Å². The molecule has 0 unspecified atom stereocenters. The first kappa shape index (κ1) is 16.8. The second-order valence-corrected chi connectivity index (χ2v) is 10.1. The fourth-order valence-corrected chi connectivity index (χ4v) is 6.59. The molecule has 1 aromatic rings. The fraction of sp³-hybridized carbons (Fsp3) is 0.529. The van der Waals surface area contributed by atoms with Gasteiger partial charge in [0.2, 0.25) is 0 Å². The molecular weight excluding hydrogens is 381 g/mol. The Kier molecular flexibility index (Phi) is 4.47. The number of rotatable bonds is 2. The molecule has 0 radical (unpaired) electrons. The van der Waals surface area contributed by atoms with Gasteiger partial charge in [-0.3, -0.25) is 0 Å². The number of nitrogens with zero attached hydrogens (tertiary/aromatic N) is 1. The van der Waals surface area contributed by atoms with Crippen LogP contribution < -0.4 is 4.46 Å². The van der Waals surface area contributed by atoms with Crippen LogP contribution in [0.3, 0.4) is 0 Å².